The van der Waals surface area contributed by atoms with E-state index in [9.17, 15) is 4.79 Å². The zero-order valence-electron chi connectivity index (χ0n) is 13.8. The second-order valence-electron chi connectivity index (χ2n) is 5.65. The third-order valence-electron chi connectivity index (χ3n) is 3.98. The second kappa shape index (κ2) is 7.58. The van der Waals surface area contributed by atoms with Crippen molar-refractivity contribution in [2.45, 2.75) is 13.8 Å². The molecule has 0 aliphatic carbocycles. The number of aryl methyl sites for hydroxylation is 1. The van der Waals surface area contributed by atoms with Crippen LogP contribution in [-0.2, 0) is 4.79 Å². The zero-order chi connectivity index (χ0) is 18.0. The van der Waals surface area contributed by atoms with E-state index in [4.69, 9.17) is 16.3 Å². The monoisotopic (exact) mass is 466 g/mol. The highest BCUT2D eigenvalue weighted by Crippen LogP contribution is 2.34. The van der Waals surface area contributed by atoms with Gasteiger partial charge in [-0.2, -0.15) is 0 Å². The average Bonchev–Trinajstić information content (AvgIpc) is 2.59. The van der Waals surface area contributed by atoms with Gasteiger partial charge < -0.3 is 10.1 Å². The van der Waals surface area contributed by atoms with Crippen LogP contribution >= 0.6 is 34.2 Å². The predicted octanol–water partition coefficient (Wildman–Crippen LogP) is 5.13. The molecule has 3 aromatic rings. The molecule has 2 aromatic carbocycles. The van der Waals surface area contributed by atoms with E-state index < -0.39 is 0 Å². The van der Waals surface area contributed by atoms with Gasteiger partial charge in [-0.05, 0) is 71.8 Å². The molecular formula is C19H16ClIN2O2. The van der Waals surface area contributed by atoms with Gasteiger partial charge in [-0.15, -0.1) is 0 Å². The number of rotatable bonds is 4. The fourth-order valence-electron chi connectivity index (χ4n) is 2.49. The van der Waals surface area contributed by atoms with Crippen LogP contribution in [0.3, 0.4) is 0 Å². The minimum Gasteiger partial charge on any atom is -0.480 e. The minimum absolute atomic E-state index is 0.101. The van der Waals surface area contributed by atoms with E-state index in [-0.39, 0.29) is 12.5 Å². The summed E-state index contributed by atoms with van der Waals surface area (Å²) in [6.07, 6.45) is 1.68. The van der Waals surface area contributed by atoms with Gasteiger partial charge in [0.1, 0.15) is 5.52 Å². The van der Waals surface area contributed by atoms with Crippen molar-refractivity contribution in [3.8, 4) is 5.75 Å². The molecule has 0 bridgehead atoms. The van der Waals surface area contributed by atoms with Crippen molar-refractivity contribution >= 4 is 56.7 Å². The number of nitrogens with one attached hydrogen (secondary N) is 1. The lowest BCUT2D eigenvalue weighted by Crippen LogP contribution is -2.21. The Hall–Kier alpha value is -1.86. The highest BCUT2D eigenvalue weighted by molar-refractivity contribution is 14.1. The molecular weight excluding hydrogens is 451 g/mol. The van der Waals surface area contributed by atoms with Gasteiger partial charge in [-0.1, -0.05) is 23.7 Å². The maximum Gasteiger partial charge on any atom is 0.262 e. The van der Waals surface area contributed by atoms with Gasteiger partial charge in [-0.25, -0.2) is 0 Å². The van der Waals surface area contributed by atoms with Crippen LogP contribution in [0.4, 0.5) is 5.69 Å². The highest BCUT2D eigenvalue weighted by atomic mass is 127. The molecule has 1 amide bonds. The third-order valence-corrected chi connectivity index (χ3v) is 5.09. The van der Waals surface area contributed by atoms with Gasteiger partial charge in [0.25, 0.3) is 5.91 Å². The molecule has 3 rings (SSSR count). The summed E-state index contributed by atoms with van der Waals surface area (Å²) in [5, 5.41) is 4.30. The van der Waals surface area contributed by atoms with E-state index in [0.29, 0.717) is 16.3 Å². The van der Waals surface area contributed by atoms with Crippen LogP contribution in [-0.4, -0.2) is 17.5 Å². The van der Waals surface area contributed by atoms with Crippen molar-refractivity contribution in [2.75, 3.05) is 11.9 Å². The number of carbonyl (C=O) groups excluding carboxylic acids is 1. The number of amides is 1. The Kier molecular flexibility index (Phi) is 5.44. The lowest BCUT2D eigenvalue weighted by molar-refractivity contribution is -0.118. The average molecular weight is 467 g/mol. The van der Waals surface area contributed by atoms with Crippen LogP contribution in [0.25, 0.3) is 10.9 Å². The maximum absolute atomic E-state index is 12.3. The molecule has 0 aliphatic heterocycles. The number of ether oxygens (including phenoxy) is 1. The van der Waals surface area contributed by atoms with Gasteiger partial charge in [-0.3, -0.25) is 9.78 Å². The van der Waals surface area contributed by atoms with Gasteiger partial charge in [0.2, 0.25) is 0 Å². The van der Waals surface area contributed by atoms with Crippen molar-refractivity contribution in [1.29, 1.82) is 0 Å². The lowest BCUT2D eigenvalue weighted by Gasteiger charge is -2.13. The van der Waals surface area contributed by atoms with Crippen molar-refractivity contribution in [2.24, 2.45) is 0 Å². The molecule has 1 aromatic heterocycles. The van der Waals surface area contributed by atoms with Crippen LogP contribution in [0, 0.1) is 17.4 Å². The van der Waals surface area contributed by atoms with E-state index in [1.54, 1.807) is 6.20 Å². The summed E-state index contributed by atoms with van der Waals surface area (Å²) in [6, 6.07) is 11.3. The van der Waals surface area contributed by atoms with E-state index in [2.05, 4.69) is 32.9 Å². The summed E-state index contributed by atoms with van der Waals surface area (Å²) in [5.74, 6) is 0.347. The SMILES string of the molecule is Cc1cccc(NC(=O)COc2c(I)cc(Cl)c3cccnc23)c1C. The first-order valence-corrected chi connectivity index (χ1v) is 9.14. The summed E-state index contributed by atoms with van der Waals surface area (Å²) >= 11 is 8.39. The molecule has 4 nitrogen and oxygen atoms in total. The minimum atomic E-state index is -0.219. The van der Waals surface area contributed by atoms with E-state index >= 15 is 0 Å². The molecule has 25 heavy (non-hydrogen) atoms. The molecule has 1 heterocycles. The number of benzene rings is 2. The molecule has 0 aliphatic rings. The van der Waals surface area contributed by atoms with Gasteiger partial charge in [0.15, 0.2) is 12.4 Å². The van der Waals surface area contributed by atoms with Crippen LogP contribution in [0.2, 0.25) is 5.02 Å². The molecule has 0 saturated heterocycles. The summed E-state index contributed by atoms with van der Waals surface area (Å²) in [5.41, 5.74) is 3.62. The first-order valence-electron chi connectivity index (χ1n) is 7.69. The number of aromatic nitrogens is 1. The molecule has 0 radical (unpaired) electrons. The second-order valence-corrected chi connectivity index (χ2v) is 7.22. The van der Waals surface area contributed by atoms with Crippen molar-refractivity contribution in [1.82, 2.24) is 4.98 Å². The fourth-order valence-corrected chi connectivity index (χ4v) is 3.66. The normalized spacial score (nSPS) is 10.7. The first-order chi connectivity index (χ1) is 12.0. The Morgan fingerprint density at radius 1 is 1.28 bits per heavy atom. The Morgan fingerprint density at radius 2 is 2.08 bits per heavy atom. The number of pyridine rings is 1. The summed E-state index contributed by atoms with van der Waals surface area (Å²) in [4.78, 5) is 16.6. The molecule has 0 fully saturated rings. The van der Waals surface area contributed by atoms with Crippen LogP contribution in [0.5, 0.6) is 5.75 Å². The quantitative estimate of drug-likeness (QED) is 0.543. The molecule has 0 spiro atoms. The lowest BCUT2D eigenvalue weighted by atomic mass is 10.1. The maximum atomic E-state index is 12.3. The highest BCUT2D eigenvalue weighted by Gasteiger charge is 2.14. The summed E-state index contributed by atoms with van der Waals surface area (Å²) in [7, 11) is 0. The largest absolute Gasteiger partial charge is 0.480 e. The number of halogens is 2. The summed E-state index contributed by atoms with van der Waals surface area (Å²) in [6.45, 7) is 3.89. The fraction of sp³-hybridized carbons (Fsp3) is 0.158. The Bertz CT molecular complexity index is 960. The summed E-state index contributed by atoms with van der Waals surface area (Å²) < 4.78 is 6.58. The van der Waals surface area contributed by atoms with Crippen molar-refractivity contribution in [3.63, 3.8) is 0 Å². The molecule has 1 N–H and O–H groups in total. The van der Waals surface area contributed by atoms with Crippen LogP contribution in [0.1, 0.15) is 11.1 Å². The molecule has 0 atom stereocenters. The van der Waals surface area contributed by atoms with Gasteiger partial charge in [0.05, 0.1) is 8.59 Å². The number of anilines is 1. The third kappa shape index (κ3) is 3.88. The number of carbonyl (C=O) groups is 1. The van der Waals surface area contributed by atoms with E-state index in [1.165, 1.54) is 0 Å². The number of fused-ring (bicyclic) bond motifs is 1. The van der Waals surface area contributed by atoms with E-state index in [1.807, 2.05) is 50.2 Å². The Balaban J connectivity index is 1.79. The van der Waals surface area contributed by atoms with Gasteiger partial charge in [0, 0.05) is 17.3 Å². The van der Waals surface area contributed by atoms with Crippen LogP contribution < -0.4 is 10.1 Å². The van der Waals surface area contributed by atoms with Crippen molar-refractivity contribution < 1.29 is 9.53 Å². The standard InChI is InChI=1S/C19H16ClIN2O2/c1-11-5-3-7-16(12(11)2)23-17(24)10-25-19-15(21)9-14(20)13-6-4-8-22-18(13)19/h3-9H,10H2,1-2H3,(H,23,24). The molecule has 0 unspecified atom stereocenters. The number of nitrogens with zero attached hydrogens (tertiary/aromatic N) is 1. The van der Waals surface area contributed by atoms with E-state index in [0.717, 1.165) is 25.8 Å². The first kappa shape index (κ1) is 17.9. The smallest absolute Gasteiger partial charge is 0.262 e. The molecule has 128 valence electrons. The predicted molar refractivity (Wildman–Crippen MR) is 110 cm³/mol. The Labute approximate surface area is 164 Å². The Morgan fingerprint density at radius 3 is 2.88 bits per heavy atom. The van der Waals surface area contributed by atoms with Crippen molar-refractivity contribution in [3.05, 3.63) is 62.3 Å². The topological polar surface area (TPSA) is 51.2 Å². The zero-order valence-corrected chi connectivity index (χ0v) is 16.7. The van der Waals surface area contributed by atoms with Crippen LogP contribution in [0.15, 0.2) is 42.6 Å². The molecule has 0 saturated carbocycles. The number of hydrogen-bond donors (Lipinski definition) is 1. The van der Waals surface area contributed by atoms with Gasteiger partial charge >= 0.3 is 0 Å². The molecule has 6 heteroatoms. The number of hydrogen-bond acceptors (Lipinski definition) is 3.